The number of nitrogens with two attached hydrogens (primary N) is 3. The molecule has 12 heteroatoms. The molecular weight excluding hydrogens is 570 g/mol. The van der Waals surface area contributed by atoms with Crippen LogP contribution in [0.1, 0.15) is 61.8 Å². The normalized spacial score (nSPS) is 21.5. The minimum atomic E-state index is -4.43. The molecule has 8 nitrogen and oxygen atoms in total. The van der Waals surface area contributed by atoms with E-state index in [9.17, 15) is 22.8 Å². The van der Waals surface area contributed by atoms with Gasteiger partial charge in [-0.05, 0) is 86.8 Å². The third-order valence-electron chi connectivity index (χ3n) is 8.68. The maximum atomic E-state index is 13.6. The summed E-state index contributed by atoms with van der Waals surface area (Å²) in [5.74, 6) is -0.625. The van der Waals surface area contributed by atoms with Crippen molar-refractivity contribution >= 4 is 24.1 Å². The molecule has 0 unspecified atom stereocenters. The fourth-order valence-electron chi connectivity index (χ4n) is 6.39. The Labute approximate surface area is 258 Å². The molecule has 0 aliphatic carbocycles. The van der Waals surface area contributed by atoms with Crippen molar-refractivity contribution in [3.8, 4) is 0 Å². The number of halogens is 3. The predicted molar refractivity (Wildman–Crippen MR) is 166 cm³/mol. The van der Waals surface area contributed by atoms with Crippen LogP contribution in [-0.2, 0) is 38.9 Å². The lowest BCUT2D eigenvalue weighted by molar-refractivity contribution is -0.137. The summed E-state index contributed by atoms with van der Waals surface area (Å²) < 4.78 is 45.1. The van der Waals surface area contributed by atoms with Gasteiger partial charge in [0.2, 0.25) is 5.91 Å². The van der Waals surface area contributed by atoms with Crippen molar-refractivity contribution in [2.24, 2.45) is 17.2 Å². The lowest BCUT2D eigenvalue weighted by Gasteiger charge is -2.34. The van der Waals surface area contributed by atoms with Crippen molar-refractivity contribution in [1.82, 2.24) is 10.2 Å². The van der Waals surface area contributed by atoms with E-state index in [0.717, 1.165) is 54.8 Å². The number of rotatable bonds is 12. The van der Waals surface area contributed by atoms with Gasteiger partial charge in [-0.2, -0.15) is 13.2 Å². The maximum absolute atomic E-state index is 13.6. The fourth-order valence-corrected chi connectivity index (χ4v) is 6.39. The Bertz CT molecular complexity index is 1300. The van der Waals surface area contributed by atoms with Crippen LogP contribution < -0.4 is 28.0 Å². The first-order chi connectivity index (χ1) is 20.6. The topological polar surface area (TPSA) is 137 Å². The Balaban J connectivity index is 1.41. The molecular formula is C32H45BF3N5O3. The standard InChI is InChI=1S/C32H45BF3N5O3/c1-31(2)25-12-8-21(15-26(25)33(3)44-31)16-29(42)28(13-9-20-6-10-22(11-7-20)32(34,35)36)40-30(43)27(39)5-4-14-41-18-23(37)17-24(38)19-41/h6-8,10-12,15,23-24,27-28H,4-5,9,13-14,16-19,37-39H2,1-3H3,(H,40,43)/t23-,24+,27-,28+/m0/s1. The van der Waals surface area contributed by atoms with Gasteiger partial charge in [0, 0.05) is 31.6 Å². The molecule has 1 saturated heterocycles. The summed E-state index contributed by atoms with van der Waals surface area (Å²) in [5.41, 5.74) is 20.8. The molecule has 2 aliphatic rings. The molecule has 0 radical (unpaired) electrons. The summed E-state index contributed by atoms with van der Waals surface area (Å²) in [4.78, 5) is 28.9. The first kappa shape index (κ1) is 34.1. The van der Waals surface area contributed by atoms with E-state index in [0.29, 0.717) is 24.8 Å². The molecule has 0 bridgehead atoms. The lowest BCUT2D eigenvalue weighted by atomic mass is 9.63. The average Bonchev–Trinajstić information content (AvgIpc) is 3.17. The molecule has 7 N–H and O–H groups in total. The Kier molecular flexibility index (Phi) is 10.9. The van der Waals surface area contributed by atoms with E-state index >= 15 is 0 Å². The molecule has 2 aromatic rings. The van der Waals surface area contributed by atoms with Gasteiger partial charge in [-0.1, -0.05) is 37.2 Å². The number of piperidine rings is 1. The number of fused-ring (bicyclic) bond motifs is 1. The average molecular weight is 616 g/mol. The minimum Gasteiger partial charge on any atom is -0.422 e. The van der Waals surface area contributed by atoms with Crippen molar-refractivity contribution in [1.29, 1.82) is 0 Å². The van der Waals surface area contributed by atoms with Gasteiger partial charge >= 0.3 is 13.1 Å². The Hall–Kier alpha value is -2.77. The molecule has 2 heterocycles. The number of benzene rings is 2. The fraction of sp³-hybridized carbons (Fsp3) is 0.562. The first-order valence-electron chi connectivity index (χ1n) is 15.4. The molecule has 4 atom stereocenters. The molecule has 0 spiro atoms. The van der Waals surface area contributed by atoms with Crippen LogP contribution in [0.15, 0.2) is 42.5 Å². The highest BCUT2D eigenvalue weighted by atomic mass is 19.4. The van der Waals surface area contributed by atoms with Crippen LogP contribution >= 0.6 is 0 Å². The van der Waals surface area contributed by atoms with Crippen molar-refractivity contribution in [3.63, 3.8) is 0 Å². The van der Waals surface area contributed by atoms with Gasteiger partial charge < -0.3 is 32.1 Å². The Morgan fingerprint density at radius 3 is 2.34 bits per heavy atom. The van der Waals surface area contributed by atoms with Crippen LogP contribution in [0.3, 0.4) is 0 Å². The molecule has 240 valence electrons. The number of nitrogens with zero attached hydrogens (tertiary/aromatic N) is 1. The number of hydrogen-bond acceptors (Lipinski definition) is 7. The smallest absolute Gasteiger partial charge is 0.416 e. The summed E-state index contributed by atoms with van der Waals surface area (Å²) in [6, 6.07) is 9.10. The van der Waals surface area contributed by atoms with Crippen molar-refractivity contribution in [2.45, 2.75) is 95.1 Å². The van der Waals surface area contributed by atoms with E-state index in [1.54, 1.807) is 0 Å². The van der Waals surface area contributed by atoms with Gasteiger partial charge in [0.15, 0.2) is 5.78 Å². The van der Waals surface area contributed by atoms with Gasteiger partial charge in [0.25, 0.3) is 0 Å². The van der Waals surface area contributed by atoms with E-state index in [4.69, 9.17) is 21.9 Å². The van der Waals surface area contributed by atoms with Crippen molar-refractivity contribution in [3.05, 3.63) is 64.7 Å². The van der Waals surface area contributed by atoms with Crippen LogP contribution in [-0.4, -0.2) is 67.3 Å². The number of amides is 1. The minimum absolute atomic E-state index is 0.0278. The molecule has 0 aromatic heterocycles. The molecule has 44 heavy (non-hydrogen) atoms. The van der Waals surface area contributed by atoms with E-state index in [1.165, 1.54) is 12.1 Å². The van der Waals surface area contributed by atoms with Crippen LogP contribution in [0, 0.1) is 0 Å². The highest BCUT2D eigenvalue weighted by Gasteiger charge is 2.38. The summed E-state index contributed by atoms with van der Waals surface area (Å²) >= 11 is 0. The van der Waals surface area contributed by atoms with E-state index in [1.807, 2.05) is 38.9 Å². The lowest BCUT2D eigenvalue weighted by Crippen LogP contribution is -2.52. The van der Waals surface area contributed by atoms with Crippen LogP contribution in [0.5, 0.6) is 0 Å². The summed E-state index contributed by atoms with van der Waals surface area (Å²) in [5, 5.41) is 2.85. The largest absolute Gasteiger partial charge is 0.422 e. The second kappa shape index (κ2) is 14.1. The number of Topliss-reactive ketones (excluding diaryl/α,β-unsaturated/α-hetero) is 1. The van der Waals surface area contributed by atoms with Gasteiger partial charge in [0.1, 0.15) is 0 Å². The SMILES string of the molecule is CB1OC(C)(C)c2ccc(CC(=O)[C@@H](CCc3ccc(C(F)(F)F)cc3)NC(=O)[C@@H](N)CCCN3C[C@H](N)C[C@H](N)C3)cc21. The van der Waals surface area contributed by atoms with Gasteiger partial charge in [0.05, 0.1) is 23.2 Å². The molecule has 0 saturated carbocycles. The second-order valence-electron chi connectivity index (χ2n) is 12.9. The van der Waals surface area contributed by atoms with Gasteiger partial charge in [-0.3, -0.25) is 9.59 Å². The second-order valence-corrected chi connectivity index (χ2v) is 12.9. The van der Waals surface area contributed by atoms with Gasteiger partial charge in [-0.25, -0.2) is 0 Å². The molecule has 2 aromatic carbocycles. The Morgan fingerprint density at radius 2 is 1.70 bits per heavy atom. The number of ketones is 1. The van der Waals surface area contributed by atoms with Crippen LogP contribution in [0.4, 0.5) is 13.2 Å². The highest BCUT2D eigenvalue weighted by Crippen LogP contribution is 2.31. The monoisotopic (exact) mass is 615 g/mol. The quantitative estimate of drug-likeness (QED) is 0.270. The number of aryl methyl sites for hydroxylation is 1. The maximum Gasteiger partial charge on any atom is 0.416 e. The number of carbonyl (C=O) groups is 2. The number of carbonyl (C=O) groups excluding carboxylic acids is 2. The van der Waals surface area contributed by atoms with E-state index in [2.05, 4.69) is 10.2 Å². The third-order valence-corrected chi connectivity index (χ3v) is 8.68. The zero-order valence-electron chi connectivity index (χ0n) is 25.8. The third kappa shape index (κ3) is 8.91. The Morgan fingerprint density at radius 1 is 1.07 bits per heavy atom. The number of alkyl halides is 3. The van der Waals surface area contributed by atoms with Crippen molar-refractivity contribution < 1.29 is 27.4 Å². The highest BCUT2D eigenvalue weighted by molar-refractivity contribution is 6.67. The summed E-state index contributed by atoms with van der Waals surface area (Å²) in [6.07, 6.45) is -1.93. The van der Waals surface area contributed by atoms with Gasteiger partial charge in [-0.15, -0.1) is 0 Å². The number of likely N-dealkylation sites (tertiary alicyclic amines) is 1. The van der Waals surface area contributed by atoms with Crippen LogP contribution in [0.2, 0.25) is 6.82 Å². The zero-order valence-corrected chi connectivity index (χ0v) is 25.8. The number of hydrogen-bond donors (Lipinski definition) is 4. The van der Waals surface area contributed by atoms with E-state index in [-0.39, 0.29) is 37.6 Å². The zero-order chi connectivity index (χ0) is 32.2. The molecule has 1 amide bonds. The first-order valence-corrected chi connectivity index (χ1v) is 15.4. The van der Waals surface area contributed by atoms with E-state index < -0.39 is 35.3 Å². The van der Waals surface area contributed by atoms with Crippen molar-refractivity contribution in [2.75, 3.05) is 19.6 Å². The molecule has 2 aliphatic heterocycles. The molecule has 4 rings (SSSR count). The summed E-state index contributed by atoms with van der Waals surface area (Å²) in [7, 11) is 0. The van der Waals surface area contributed by atoms with Crippen LogP contribution in [0.25, 0.3) is 0 Å². The number of nitrogens with one attached hydrogen (secondary N) is 1. The molecule has 1 fully saturated rings. The summed E-state index contributed by atoms with van der Waals surface area (Å²) in [6.45, 7) is 8.10. The predicted octanol–water partition coefficient (Wildman–Crippen LogP) is 2.50.